The lowest BCUT2D eigenvalue weighted by Gasteiger charge is -2.10. The van der Waals surface area contributed by atoms with Gasteiger partial charge in [0.1, 0.15) is 0 Å². The third-order valence-corrected chi connectivity index (χ3v) is 3.61. The van der Waals surface area contributed by atoms with Gasteiger partial charge in [0.25, 0.3) is 12.2 Å². The average molecular weight is 376 g/mol. The van der Waals surface area contributed by atoms with Crippen LogP contribution in [0.15, 0.2) is 46.9 Å². The molecular formula is C16H10BrNO5. The Hall–Kier alpha value is -2.76. The number of rotatable bonds is 6. The number of hydrogen-bond donors (Lipinski definition) is 0. The number of non-ortho nitro benzene ring substituents is 1. The van der Waals surface area contributed by atoms with Crippen molar-refractivity contribution in [1.82, 2.24) is 0 Å². The first kappa shape index (κ1) is 16.6. The van der Waals surface area contributed by atoms with Crippen molar-refractivity contribution in [3.05, 3.63) is 73.7 Å². The number of hydrogen-bond acceptors (Lipinski definition) is 5. The minimum atomic E-state index is -0.473. The molecule has 0 aliphatic rings. The van der Waals surface area contributed by atoms with Gasteiger partial charge in [-0.05, 0) is 35.7 Å². The minimum absolute atomic E-state index is 0.000908. The number of halogens is 1. The van der Waals surface area contributed by atoms with Crippen LogP contribution in [0.25, 0.3) is 5.76 Å². The molecular weight excluding hydrogens is 366 g/mol. The van der Waals surface area contributed by atoms with E-state index in [0.29, 0.717) is 17.5 Å². The zero-order valence-corrected chi connectivity index (χ0v) is 13.3. The standard InChI is InChI=1S/C16H10BrNO5/c17-13-3-6-15(16(9-19)23-10-20)12(8-13)7-11-1-4-14(5-2-11)18(21)22/h1-6,8,10H,7H2. The number of nitro benzene ring substituents is 1. The molecule has 0 saturated heterocycles. The van der Waals surface area contributed by atoms with Crippen molar-refractivity contribution in [2.45, 2.75) is 6.42 Å². The molecule has 0 heterocycles. The Balaban J connectivity index is 2.38. The van der Waals surface area contributed by atoms with Crippen LogP contribution in [0, 0.1) is 10.1 Å². The fourth-order valence-electron chi connectivity index (χ4n) is 2.08. The van der Waals surface area contributed by atoms with Crippen LogP contribution in [-0.2, 0) is 20.7 Å². The molecule has 2 rings (SSSR count). The summed E-state index contributed by atoms with van der Waals surface area (Å²) in [5.74, 6) is 1.39. The molecule has 23 heavy (non-hydrogen) atoms. The molecule has 0 spiro atoms. The summed E-state index contributed by atoms with van der Waals surface area (Å²) in [6.45, 7) is 0.165. The molecule has 0 bridgehead atoms. The van der Waals surface area contributed by atoms with E-state index in [1.54, 1.807) is 36.3 Å². The Kier molecular flexibility index (Phi) is 5.41. The number of nitrogens with zero attached hydrogens (tertiary/aromatic N) is 1. The summed E-state index contributed by atoms with van der Waals surface area (Å²) < 4.78 is 5.44. The van der Waals surface area contributed by atoms with Crippen LogP contribution in [0.4, 0.5) is 5.69 Å². The summed E-state index contributed by atoms with van der Waals surface area (Å²) in [5, 5.41) is 10.7. The second kappa shape index (κ2) is 7.49. The van der Waals surface area contributed by atoms with Gasteiger partial charge in [0.2, 0.25) is 5.76 Å². The van der Waals surface area contributed by atoms with Crippen LogP contribution in [-0.4, -0.2) is 17.3 Å². The normalized spacial score (nSPS) is 9.78. The molecule has 116 valence electrons. The molecule has 0 aliphatic carbocycles. The number of carbonyl (C=O) groups excluding carboxylic acids is 2. The third kappa shape index (κ3) is 4.12. The van der Waals surface area contributed by atoms with Gasteiger partial charge in [-0.25, -0.2) is 4.79 Å². The quantitative estimate of drug-likeness (QED) is 0.254. The lowest BCUT2D eigenvalue weighted by atomic mass is 9.99. The molecule has 0 aromatic heterocycles. The van der Waals surface area contributed by atoms with Crippen molar-refractivity contribution in [2.24, 2.45) is 0 Å². The first-order valence-electron chi connectivity index (χ1n) is 6.42. The number of ether oxygens (including phenoxy) is 1. The fraction of sp³-hybridized carbons (Fsp3) is 0.0625. The van der Waals surface area contributed by atoms with Gasteiger partial charge in [-0.2, -0.15) is 0 Å². The highest BCUT2D eigenvalue weighted by Gasteiger charge is 2.12. The molecule has 0 fully saturated rings. The van der Waals surface area contributed by atoms with Crippen LogP contribution in [0.5, 0.6) is 0 Å². The van der Waals surface area contributed by atoms with Crippen molar-refractivity contribution in [3.8, 4) is 0 Å². The first-order chi connectivity index (χ1) is 11.0. The molecule has 0 amide bonds. The zero-order chi connectivity index (χ0) is 16.8. The maximum atomic E-state index is 11.0. The van der Waals surface area contributed by atoms with Crippen LogP contribution in [0.3, 0.4) is 0 Å². The van der Waals surface area contributed by atoms with Gasteiger partial charge in [0.15, 0.2) is 5.94 Å². The monoisotopic (exact) mass is 375 g/mol. The van der Waals surface area contributed by atoms with Gasteiger partial charge in [-0.3, -0.25) is 14.9 Å². The van der Waals surface area contributed by atoms with Crippen LogP contribution in [0.1, 0.15) is 16.7 Å². The molecule has 7 heteroatoms. The van der Waals surface area contributed by atoms with Gasteiger partial charge < -0.3 is 4.74 Å². The third-order valence-electron chi connectivity index (χ3n) is 3.11. The summed E-state index contributed by atoms with van der Waals surface area (Å²) >= 11 is 3.34. The van der Waals surface area contributed by atoms with Crippen molar-refractivity contribution >= 4 is 39.8 Å². The molecule has 0 saturated carbocycles. The summed E-state index contributed by atoms with van der Waals surface area (Å²) in [7, 11) is 0. The van der Waals surface area contributed by atoms with Crippen molar-refractivity contribution in [2.75, 3.05) is 0 Å². The van der Waals surface area contributed by atoms with Gasteiger partial charge in [-0.15, -0.1) is 0 Å². The zero-order valence-electron chi connectivity index (χ0n) is 11.7. The van der Waals surface area contributed by atoms with Crippen molar-refractivity contribution < 1.29 is 19.2 Å². The van der Waals surface area contributed by atoms with Gasteiger partial charge in [0.05, 0.1) is 4.92 Å². The van der Waals surface area contributed by atoms with E-state index in [9.17, 15) is 19.7 Å². The molecule has 0 unspecified atom stereocenters. The van der Waals surface area contributed by atoms with Crippen LogP contribution < -0.4 is 0 Å². The predicted molar refractivity (Wildman–Crippen MR) is 86.3 cm³/mol. The molecule has 2 aromatic carbocycles. The smallest absolute Gasteiger partial charge is 0.299 e. The molecule has 0 N–H and O–H groups in total. The summed E-state index contributed by atoms with van der Waals surface area (Å²) in [5.41, 5.74) is 1.97. The highest BCUT2D eigenvalue weighted by Crippen LogP contribution is 2.25. The maximum Gasteiger partial charge on any atom is 0.299 e. The molecule has 0 radical (unpaired) electrons. The second-order valence-corrected chi connectivity index (χ2v) is 5.46. The highest BCUT2D eigenvalue weighted by molar-refractivity contribution is 9.10. The Morgan fingerprint density at radius 2 is 1.96 bits per heavy atom. The van der Waals surface area contributed by atoms with E-state index in [0.717, 1.165) is 10.0 Å². The Morgan fingerprint density at radius 3 is 2.52 bits per heavy atom. The predicted octanol–water partition coefficient (Wildman–Crippen LogP) is 3.29. The van der Waals surface area contributed by atoms with E-state index in [4.69, 9.17) is 0 Å². The van der Waals surface area contributed by atoms with Crippen LogP contribution >= 0.6 is 15.9 Å². The second-order valence-electron chi connectivity index (χ2n) is 4.55. The Labute approximate surface area is 139 Å². The summed E-state index contributed by atoms with van der Waals surface area (Å²) in [6, 6.07) is 11.2. The van der Waals surface area contributed by atoms with E-state index in [1.165, 1.54) is 12.1 Å². The van der Waals surface area contributed by atoms with Crippen molar-refractivity contribution in [3.63, 3.8) is 0 Å². The Morgan fingerprint density at radius 1 is 1.26 bits per heavy atom. The van der Waals surface area contributed by atoms with E-state index in [2.05, 4.69) is 20.7 Å². The number of nitro groups is 1. The fourth-order valence-corrected chi connectivity index (χ4v) is 2.48. The molecule has 2 aromatic rings. The molecule has 0 aliphatic heterocycles. The summed E-state index contributed by atoms with van der Waals surface area (Å²) in [4.78, 5) is 31.7. The maximum absolute atomic E-state index is 11.0. The first-order valence-corrected chi connectivity index (χ1v) is 7.22. The van der Waals surface area contributed by atoms with E-state index in [1.807, 2.05) is 0 Å². The van der Waals surface area contributed by atoms with Gasteiger partial charge in [-0.1, -0.05) is 28.1 Å². The lowest BCUT2D eigenvalue weighted by Crippen LogP contribution is -1.99. The number of benzene rings is 2. The lowest BCUT2D eigenvalue weighted by molar-refractivity contribution is -0.384. The van der Waals surface area contributed by atoms with Crippen molar-refractivity contribution in [1.29, 1.82) is 0 Å². The number of carbonyl (C=O) groups is 1. The van der Waals surface area contributed by atoms with E-state index >= 15 is 0 Å². The van der Waals surface area contributed by atoms with Gasteiger partial charge >= 0.3 is 0 Å². The van der Waals surface area contributed by atoms with Crippen LogP contribution in [0.2, 0.25) is 0 Å². The SMILES string of the molecule is O=C=C(OC=O)c1ccc(Br)cc1Cc1ccc([N+](=O)[O-])cc1. The average Bonchev–Trinajstić information content (AvgIpc) is 2.54. The minimum Gasteiger partial charge on any atom is -0.416 e. The largest absolute Gasteiger partial charge is 0.416 e. The molecule has 6 nitrogen and oxygen atoms in total. The van der Waals surface area contributed by atoms with Gasteiger partial charge in [0, 0.05) is 22.2 Å². The molecule has 0 atom stereocenters. The summed E-state index contributed by atoms with van der Waals surface area (Å²) in [6.07, 6.45) is 0.403. The Bertz CT molecular complexity index is 795. The van der Waals surface area contributed by atoms with E-state index in [-0.39, 0.29) is 17.9 Å². The highest BCUT2D eigenvalue weighted by atomic mass is 79.9. The van der Waals surface area contributed by atoms with E-state index < -0.39 is 4.92 Å². The topological polar surface area (TPSA) is 86.5 Å².